The average molecular weight is 415 g/mol. The Morgan fingerprint density at radius 3 is 2.57 bits per heavy atom. The third-order valence-corrected chi connectivity index (χ3v) is 3.12. The maximum absolute atomic E-state index is 12.4. The first-order chi connectivity index (χ1) is 9.44. The summed E-state index contributed by atoms with van der Waals surface area (Å²) in [5, 5.41) is 6.01. The van der Waals surface area contributed by atoms with Crippen molar-refractivity contribution < 1.29 is 17.9 Å². The first-order valence-electron chi connectivity index (χ1n) is 6.20. The predicted octanol–water partition coefficient (Wildman–Crippen LogP) is 2.85. The molecule has 0 aromatic heterocycles. The maximum Gasteiger partial charge on any atom is 0.573 e. The quantitative estimate of drug-likeness (QED) is 0.454. The van der Waals surface area contributed by atoms with Gasteiger partial charge in [-0.1, -0.05) is 18.2 Å². The minimum absolute atomic E-state index is 0. The second-order valence-electron chi connectivity index (χ2n) is 4.50. The number of hydrogen-bond acceptors (Lipinski definition) is 2. The molecular weight excluding hydrogens is 398 g/mol. The van der Waals surface area contributed by atoms with Crippen molar-refractivity contribution in [3.8, 4) is 5.75 Å². The van der Waals surface area contributed by atoms with E-state index in [0.717, 1.165) is 6.42 Å². The smallest absolute Gasteiger partial charge is 0.405 e. The fourth-order valence-electron chi connectivity index (χ4n) is 2.13. The monoisotopic (exact) mass is 415 g/mol. The zero-order valence-electron chi connectivity index (χ0n) is 11.6. The minimum Gasteiger partial charge on any atom is -0.405 e. The summed E-state index contributed by atoms with van der Waals surface area (Å²) in [6.45, 7) is 0. The Balaban J connectivity index is 0.00000220. The number of rotatable bonds is 3. The van der Waals surface area contributed by atoms with Crippen LogP contribution in [0, 0.1) is 0 Å². The fraction of sp³-hybridized carbons (Fsp3) is 0.462. The molecule has 1 fully saturated rings. The van der Waals surface area contributed by atoms with Crippen LogP contribution in [0.1, 0.15) is 17.9 Å². The Hall–Kier alpha value is -1.19. The number of nitrogens with zero attached hydrogens (tertiary/aromatic N) is 1. The molecule has 0 spiro atoms. The van der Waals surface area contributed by atoms with Crippen molar-refractivity contribution in [2.75, 3.05) is 14.1 Å². The van der Waals surface area contributed by atoms with Crippen LogP contribution in [-0.4, -0.2) is 32.5 Å². The molecule has 1 aromatic rings. The minimum atomic E-state index is -4.67. The lowest BCUT2D eigenvalue weighted by molar-refractivity contribution is -0.274. The van der Waals surface area contributed by atoms with Crippen LogP contribution in [0.15, 0.2) is 29.3 Å². The zero-order chi connectivity index (χ0) is 14.8. The predicted molar refractivity (Wildman–Crippen MR) is 85.2 cm³/mol. The largest absolute Gasteiger partial charge is 0.573 e. The number of aliphatic imine (C=N–C) groups is 1. The summed E-state index contributed by atoms with van der Waals surface area (Å²) in [7, 11) is 3.37. The molecule has 4 nitrogen and oxygen atoms in total. The van der Waals surface area contributed by atoms with Gasteiger partial charge >= 0.3 is 6.36 Å². The third kappa shape index (κ3) is 4.94. The van der Waals surface area contributed by atoms with Gasteiger partial charge in [0.1, 0.15) is 5.75 Å². The van der Waals surface area contributed by atoms with E-state index >= 15 is 0 Å². The molecule has 1 saturated carbocycles. The molecular formula is C13H17F3IN3O. The number of guanidine groups is 1. The molecule has 0 bridgehead atoms. The van der Waals surface area contributed by atoms with E-state index < -0.39 is 6.36 Å². The van der Waals surface area contributed by atoms with Gasteiger partial charge in [0.15, 0.2) is 5.96 Å². The molecule has 1 aromatic carbocycles. The topological polar surface area (TPSA) is 45.7 Å². The Morgan fingerprint density at radius 1 is 1.33 bits per heavy atom. The zero-order valence-corrected chi connectivity index (χ0v) is 13.9. The van der Waals surface area contributed by atoms with Gasteiger partial charge in [0, 0.05) is 26.1 Å². The number of para-hydroxylation sites is 1. The van der Waals surface area contributed by atoms with Crippen LogP contribution < -0.4 is 15.4 Å². The summed E-state index contributed by atoms with van der Waals surface area (Å²) < 4.78 is 41.1. The highest BCUT2D eigenvalue weighted by Gasteiger charge is 2.42. The van der Waals surface area contributed by atoms with Crippen molar-refractivity contribution >= 4 is 29.9 Å². The lowest BCUT2D eigenvalue weighted by Gasteiger charge is -2.13. The maximum atomic E-state index is 12.4. The van der Waals surface area contributed by atoms with Crippen LogP contribution in [0.5, 0.6) is 5.75 Å². The number of halogens is 4. The summed E-state index contributed by atoms with van der Waals surface area (Å²) in [6.07, 6.45) is -3.92. The second kappa shape index (κ2) is 7.19. The van der Waals surface area contributed by atoms with E-state index in [1.54, 1.807) is 26.2 Å². The lowest BCUT2D eigenvalue weighted by Crippen LogP contribution is -2.36. The van der Waals surface area contributed by atoms with Gasteiger partial charge in [0.2, 0.25) is 0 Å². The number of nitrogens with one attached hydrogen (secondary N) is 2. The van der Waals surface area contributed by atoms with E-state index in [9.17, 15) is 13.2 Å². The van der Waals surface area contributed by atoms with Crippen LogP contribution in [0.4, 0.5) is 13.2 Å². The Labute approximate surface area is 138 Å². The molecule has 0 heterocycles. The van der Waals surface area contributed by atoms with E-state index in [1.165, 1.54) is 12.1 Å². The third-order valence-electron chi connectivity index (χ3n) is 3.12. The summed E-state index contributed by atoms with van der Waals surface area (Å²) in [6, 6.07) is 6.31. The van der Waals surface area contributed by atoms with E-state index in [4.69, 9.17) is 0 Å². The van der Waals surface area contributed by atoms with Gasteiger partial charge in [-0.25, -0.2) is 0 Å². The number of hydrogen-bond donors (Lipinski definition) is 2. The standard InChI is InChI=1S/C13H16F3N3O.HI/c1-17-12(18-2)19-10-7-9(10)8-5-3-4-6-11(8)20-13(14,15)16;/h3-6,9-10H,7H2,1-2H3,(H2,17,18,19);1H. The molecule has 2 atom stereocenters. The van der Waals surface area contributed by atoms with E-state index in [0.29, 0.717) is 11.5 Å². The number of ether oxygens (including phenoxy) is 1. The van der Waals surface area contributed by atoms with Gasteiger partial charge in [-0.05, 0) is 18.1 Å². The molecule has 1 aliphatic carbocycles. The number of alkyl halides is 3. The lowest BCUT2D eigenvalue weighted by atomic mass is 10.1. The Bertz CT molecular complexity index is 508. The Morgan fingerprint density at radius 2 is 2.00 bits per heavy atom. The first-order valence-corrected chi connectivity index (χ1v) is 6.20. The van der Waals surface area contributed by atoms with Gasteiger partial charge < -0.3 is 15.4 Å². The number of benzene rings is 1. The fourth-order valence-corrected chi connectivity index (χ4v) is 2.13. The van der Waals surface area contributed by atoms with Crippen LogP contribution in [0.25, 0.3) is 0 Å². The molecule has 2 rings (SSSR count). The molecule has 0 amide bonds. The van der Waals surface area contributed by atoms with Crippen LogP contribution in [-0.2, 0) is 0 Å². The van der Waals surface area contributed by atoms with Crippen LogP contribution in [0.2, 0.25) is 0 Å². The van der Waals surface area contributed by atoms with Gasteiger partial charge in [-0.3, -0.25) is 4.99 Å². The summed E-state index contributed by atoms with van der Waals surface area (Å²) >= 11 is 0. The van der Waals surface area contributed by atoms with Crippen molar-refractivity contribution in [1.29, 1.82) is 0 Å². The molecule has 118 valence electrons. The summed E-state index contributed by atoms with van der Waals surface area (Å²) in [5.74, 6) is 0.485. The van der Waals surface area contributed by atoms with Crippen molar-refractivity contribution in [3.63, 3.8) is 0 Å². The van der Waals surface area contributed by atoms with Gasteiger partial charge in [0.25, 0.3) is 0 Å². The van der Waals surface area contributed by atoms with Gasteiger partial charge in [-0.15, -0.1) is 37.1 Å². The van der Waals surface area contributed by atoms with Crippen LogP contribution in [0.3, 0.4) is 0 Å². The van der Waals surface area contributed by atoms with Crippen molar-refractivity contribution in [3.05, 3.63) is 29.8 Å². The molecule has 0 radical (unpaired) electrons. The van der Waals surface area contributed by atoms with E-state index in [2.05, 4.69) is 20.4 Å². The summed E-state index contributed by atoms with van der Waals surface area (Å²) in [5.41, 5.74) is 0.564. The van der Waals surface area contributed by atoms with Crippen molar-refractivity contribution in [1.82, 2.24) is 10.6 Å². The molecule has 0 saturated heterocycles. The SMILES string of the molecule is CN=C(NC)NC1CC1c1ccccc1OC(F)(F)F.I. The van der Waals surface area contributed by atoms with Gasteiger partial charge in [-0.2, -0.15) is 0 Å². The highest BCUT2D eigenvalue weighted by molar-refractivity contribution is 14.0. The second-order valence-corrected chi connectivity index (χ2v) is 4.50. The first kappa shape index (κ1) is 17.9. The van der Waals surface area contributed by atoms with Crippen LogP contribution >= 0.6 is 24.0 Å². The molecule has 0 aliphatic heterocycles. The van der Waals surface area contributed by atoms with Crippen molar-refractivity contribution in [2.45, 2.75) is 24.7 Å². The molecule has 8 heteroatoms. The highest BCUT2D eigenvalue weighted by atomic mass is 127. The highest BCUT2D eigenvalue weighted by Crippen LogP contribution is 2.45. The van der Waals surface area contributed by atoms with E-state index in [-0.39, 0.29) is 41.7 Å². The molecule has 1 aliphatic rings. The normalized spacial score (nSPS) is 21.3. The van der Waals surface area contributed by atoms with Crippen molar-refractivity contribution in [2.24, 2.45) is 4.99 Å². The molecule has 2 unspecified atom stereocenters. The average Bonchev–Trinajstić information content (AvgIpc) is 3.14. The Kier molecular flexibility index (Phi) is 6.11. The summed E-state index contributed by atoms with van der Waals surface area (Å²) in [4.78, 5) is 3.98. The van der Waals surface area contributed by atoms with Gasteiger partial charge in [0.05, 0.1) is 0 Å². The molecule has 21 heavy (non-hydrogen) atoms. The van der Waals surface area contributed by atoms with E-state index in [1.807, 2.05) is 0 Å². The molecule has 2 N–H and O–H groups in total.